The predicted molar refractivity (Wildman–Crippen MR) is 145 cm³/mol. The van der Waals surface area contributed by atoms with E-state index in [1.54, 1.807) is 66.7 Å². The lowest BCUT2D eigenvalue weighted by molar-refractivity contribution is -0.113. The van der Waals surface area contributed by atoms with Crippen molar-refractivity contribution in [2.45, 2.75) is 5.16 Å². The molecule has 1 heterocycles. The van der Waals surface area contributed by atoms with Crippen LogP contribution in [-0.4, -0.2) is 21.2 Å². The van der Waals surface area contributed by atoms with E-state index in [1.807, 2.05) is 36.4 Å². The Labute approximate surface area is 216 Å². The molecule has 0 fully saturated rings. The number of carbonyl (C=O) groups excluding carboxylic acids is 1. The summed E-state index contributed by atoms with van der Waals surface area (Å²) in [6, 6.07) is 30.7. The predicted octanol–water partition coefficient (Wildman–Crippen LogP) is 6.56. The van der Waals surface area contributed by atoms with Gasteiger partial charge in [-0.2, -0.15) is 0 Å². The first-order valence-electron chi connectivity index (χ1n) is 11.1. The maximum absolute atomic E-state index is 13.3. The zero-order chi connectivity index (χ0) is 24.9. The Morgan fingerprint density at radius 3 is 2.39 bits per heavy atom. The molecule has 0 radical (unpaired) electrons. The summed E-state index contributed by atoms with van der Waals surface area (Å²) in [7, 11) is 0. The molecule has 0 aliphatic heterocycles. The average Bonchev–Trinajstić information content (AvgIpc) is 2.89. The fourth-order valence-electron chi connectivity index (χ4n) is 3.61. The van der Waals surface area contributed by atoms with Crippen molar-refractivity contribution in [3.05, 3.63) is 119 Å². The van der Waals surface area contributed by atoms with Gasteiger partial charge in [-0.25, -0.2) is 4.98 Å². The van der Waals surface area contributed by atoms with Crippen LogP contribution in [0.2, 0.25) is 5.02 Å². The van der Waals surface area contributed by atoms with Gasteiger partial charge in [-0.3, -0.25) is 14.2 Å². The zero-order valence-corrected chi connectivity index (χ0v) is 20.5. The SMILES string of the molecule is O=C(CSc1nc2ccccc2c(=O)n1-c1cccc(Cl)c1)Nc1ccc(Oc2ccccc2)cc1. The van der Waals surface area contributed by atoms with Crippen molar-refractivity contribution < 1.29 is 9.53 Å². The molecule has 0 atom stereocenters. The number of nitrogens with zero attached hydrogens (tertiary/aromatic N) is 2. The van der Waals surface area contributed by atoms with Gasteiger partial charge in [0.05, 0.1) is 22.3 Å². The highest BCUT2D eigenvalue weighted by molar-refractivity contribution is 7.99. The topological polar surface area (TPSA) is 73.2 Å². The number of benzene rings is 4. The van der Waals surface area contributed by atoms with Crippen LogP contribution in [0.3, 0.4) is 0 Å². The first-order chi connectivity index (χ1) is 17.6. The lowest BCUT2D eigenvalue weighted by Crippen LogP contribution is -2.23. The molecule has 5 rings (SSSR count). The van der Waals surface area contributed by atoms with E-state index in [0.717, 1.165) is 5.75 Å². The summed E-state index contributed by atoms with van der Waals surface area (Å²) >= 11 is 7.36. The molecular formula is C28H20ClN3O3S. The van der Waals surface area contributed by atoms with Crippen molar-refractivity contribution in [3.8, 4) is 17.2 Å². The first-order valence-corrected chi connectivity index (χ1v) is 12.5. The first kappa shape index (κ1) is 23.7. The second-order valence-corrected chi connectivity index (χ2v) is 9.19. The monoisotopic (exact) mass is 513 g/mol. The van der Waals surface area contributed by atoms with Gasteiger partial charge < -0.3 is 10.1 Å². The van der Waals surface area contributed by atoms with E-state index in [0.29, 0.717) is 38.2 Å². The van der Waals surface area contributed by atoms with Crippen LogP contribution < -0.4 is 15.6 Å². The number of fused-ring (bicyclic) bond motifs is 1. The molecule has 1 amide bonds. The van der Waals surface area contributed by atoms with Gasteiger partial charge in [-0.1, -0.05) is 59.8 Å². The lowest BCUT2D eigenvalue weighted by Gasteiger charge is -2.13. The normalized spacial score (nSPS) is 10.8. The van der Waals surface area contributed by atoms with Gasteiger partial charge in [0.1, 0.15) is 11.5 Å². The Balaban J connectivity index is 1.33. The van der Waals surface area contributed by atoms with Gasteiger partial charge in [0.25, 0.3) is 5.56 Å². The van der Waals surface area contributed by atoms with Crippen LogP contribution in [0.1, 0.15) is 0 Å². The maximum Gasteiger partial charge on any atom is 0.266 e. The second kappa shape index (κ2) is 10.7. The molecule has 0 spiro atoms. The number of para-hydroxylation sites is 2. The Morgan fingerprint density at radius 1 is 0.889 bits per heavy atom. The molecule has 0 unspecified atom stereocenters. The third-order valence-corrected chi connectivity index (χ3v) is 6.43. The van der Waals surface area contributed by atoms with Crippen LogP contribution in [-0.2, 0) is 4.79 Å². The summed E-state index contributed by atoms with van der Waals surface area (Å²) in [6.45, 7) is 0. The van der Waals surface area contributed by atoms with Gasteiger partial charge in [-0.15, -0.1) is 0 Å². The number of halogens is 1. The quantitative estimate of drug-likeness (QED) is 0.197. The Bertz CT molecular complexity index is 1590. The smallest absolute Gasteiger partial charge is 0.266 e. The van der Waals surface area contributed by atoms with E-state index >= 15 is 0 Å². The zero-order valence-electron chi connectivity index (χ0n) is 18.9. The Kier molecular flexibility index (Phi) is 7.02. The van der Waals surface area contributed by atoms with Crippen LogP contribution in [0, 0.1) is 0 Å². The summed E-state index contributed by atoms with van der Waals surface area (Å²) in [5.74, 6) is 1.24. The van der Waals surface area contributed by atoms with Gasteiger partial charge >= 0.3 is 0 Å². The fourth-order valence-corrected chi connectivity index (χ4v) is 4.61. The number of carbonyl (C=O) groups is 1. The van der Waals surface area contributed by atoms with Crippen LogP contribution in [0.15, 0.2) is 113 Å². The molecule has 6 nitrogen and oxygen atoms in total. The molecule has 36 heavy (non-hydrogen) atoms. The van der Waals surface area contributed by atoms with Crippen molar-refractivity contribution >= 4 is 45.9 Å². The number of hydrogen-bond acceptors (Lipinski definition) is 5. The molecule has 0 saturated heterocycles. The number of thioether (sulfide) groups is 1. The van der Waals surface area contributed by atoms with E-state index in [9.17, 15) is 9.59 Å². The van der Waals surface area contributed by atoms with Crippen LogP contribution >= 0.6 is 23.4 Å². The van der Waals surface area contributed by atoms with Crippen molar-refractivity contribution in [1.82, 2.24) is 9.55 Å². The van der Waals surface area contributed by atoms with Crippen LogP contribution in [0.5, 0.6) is 11.5 Å². The van der Waals surface area contributed by atoms with E-state index in [-0.39, 0.29) is 17.2 Å². The van der Waals surface area contributed by atoms with Crippen molar-refractivity contribution in [1.29, 1.82) is 0 Å². The minimum atomic E-state index is -0.225. The third kappa shape index (κ3) is 5.43. The van der Waals surface area contributed by atoms with Gasteiger partial charge in [0.15, 0.2) is 5.16 Å². The van der Waals surface area contributed by atoms with E-state index in [2.05, 4.69) is 10.3 Å². The number of ether oxygens (including phenoxy) is 1. The number of nitrogens with one attached hydrogen (secondary N) is 1. The molecular weight excluding hydrogens is 494 g/mol. The number of aromatic nitrogens is 2. The highest BCUT2D eigenvalue weighted by Gasteiger charge is 2.15. The van der Waals surface area contributed by atoms with Gasteiger partial charge in [-0.05, 0) is 66.7 Å². The Hall–Kier alpha value is -4.07. The molecule has 0 saturated carbocycles. The van der Waals surface area contributed by atoms with Crippen molar-refractivity contribution in [3.63, 3.8) is 0 Å². The molecule has 5 aromatic rings. The van der Waals surface area contributed by atoms with E-state index in [1.165, 1.54) is 16.3 Å². The summed E-state index contributed by atoms with van der Waals surface area (Å²) in [5, 5.41) is 4.27. The molecule has 0 aliphatic carbocycles. The number of amides is 1. The van der Waals surface area contributed by atoms with Gasteiger partial charge in [0, 0.05) is 10.7 Å². The van der Waals surface area contributed by atoms with Crippen molar-refractivity contribution in [2.24, 2.45) is 0 Å². The third-order valence-electron chi connectivity index (χ3n) is 5.26. The summed E-state index contributed by atoms with van der Waals surface area (Å²) in [6.07, 6.45) is 0. The molecule has 4 aromatic carbocycles. The van der Waals surface area contributed by atoms with E-state index < -0.39 is 0 Å². The standard InChI is InChI=1S/C28H20ClN3O3S/c29-19-7-6-8-21(17-19)32-27(34)24-11-4-5-12-25(24)31-28(32)36-18-26(33)30-20-13-15-23(16-14-20)35-22-9-2-1-3-10-22/h1-17H,18H2,(H,30,33). The minimum absolute atomic E-state index is 0.0631. The lowest BCUT2D eigenvalue weighted by atomic mass is 10.2. The average molecular weight is 514 g/mol. The van der Waals surface area contributed by atoms with E-state index in [4.69, 9.17) is 16.3 Å². The number of hydrogen-bond donors (Lipinski definition) is 1. The highest BCUT2D eigenvalue weighted by Crippen LogP contribution is 2.25. The summed E-state index contributed by atoms with van der Waals surface area (Å²) in [5.41, 5.74) is 1.57. The molecule has 178 valence electrons. The minimum Gasteiger partial charge on any atom is -0.457 e. The number of rotatable bonds is 7. The van der Waals surface area contributed by atoms with Crippen LogP contribution in [0.25, 0.3) is 16.6 Å². The molecule has 0 bridgehead atoms. The Morgan fingerprint density at radius 2 is 1.61 bits per heavy atom. The summed E-state index contributed by atoms with van der Waals surface area (Å²) in [4.78, 5) is 30.7. The second-order valence-electron chi connectivity index (χ2n) is 7.81. The largest absolute Gasteiger partial charge is 0.457 e. The van der Waals surface area contributed by atoms with Crippen molar-refractivity contribution in [2.75, 3.05) is 11.1 Å². The van der Waals surface area contributed by atoms with Gasteiger partial charge in [0.2, 0.25) is 5.91 Å². The van der Waals surface area contributed by atoms with Crippen LogP contribution in [0.4, 0.5) is 5.69 Å². The molecule has 8 heteroatoms. The molecule has 1 aromatic heterocycles. The number of anilines is 1. The summed E-state index contributed by atoms with van der Waals surface area (Å²) < 4.78 is 7.27. The highest BCUT2D eigenvalue weighted by atomic mass is 35.5. The molecule has 1 N–H and O–H groups in total. The molecule has 0 aliphatic rings. The fraction of sp³-hybridized carbons (Fsp3) is 0.0357. The maximum atomic E-state index is 13.3.